The van der Waals surface area contributed by atoms with Crippen molar-refractivity contribution in [2.45, 2.75) is 70.6 Å². The number of rotatable bonds is 7. The highest BCUT2D eigenvalue weighted by atomic mass is 16.1. The molecule has 2 fully saturated rings. The van der Waals surface area contributed by atoms with Gasteiger partial charge in [-0.1, -0.05) is 39.2 Å². The highest BCUT2D eigenvalue weighted by Crippen LogP contribution is 2.64. The van der Waals surface area contributed by atoms with Gasteiger partial charge in [-0.2, -0.15) is 0 Å². The van der Waals surface area contributed by atoms with Crippen molar-refractivity contribution in [2.24, 2.45) is 11.3 Å². The number of amides is 1. The van der Waals surface area contributed by atoms with E-state index in [2.05, 4.69) is 29.4 Å². The summed E-state index contributed by atoms with van der Waals surface area (Å²) in [6.07, 6.45) is 11.6. The summed E-state index contributed by atoms with van der Waals surface area (Å²) < 4.78 is 0. The van der Waals surface area contributed by atoms with Gasteiger partial charge in [-0.15, -0.1) is 0 Å². The van der Waals surface area contributed by atoms with E-state index in [-0.39, 0.29) is 17.2 Å². The van der Waals surface area contributed by atoms with Crippen LogP contribution in [0.3, 0.4) is 0 Å². The number of pyridine rings is 1. The Morgan fingerprint density at radius 2 is 2.13 bits per heavy atom. The molecule has 23 heavy (non-hydrogen) atoms. The Kier molecular flexibility index (Phi) is 4.74. The maximum atomic E-state index is 12.4. The number of aromatic nitrogens is 1. The molecule has 0 saturated heterocycles. The molecule has 126 valence electrons. The van der Waals surface area contributed by atoms with Crippen LogP contribution < -0.4 is 5.32 Å². The summed E-state index contributed by atoms with van der Waals surface area (Å²) in [6.45, 7) is 4.97. The average molecular weight is 314 g/mol. The number of carbonyl (C=O) groups is 1. The van der Waals surface area contributed by atoms with E-state index in [4.69, 9.17) is 0 Å². The van der Waals surface area contributed by atoms with Crippen molar-refractivity contribution >= 4 is 5.91 Å². The molecule has 0 aliphatic heterocycles. The lowest BCUT2D eigenvalue weighted by atomic mass is 9.44. The molecule has 0 bridgehead atoms. The largest absolute Gasteiger partial charge is 0.355 e. The van der Waals surface area contributed by atoms with E-state index < -0.39 is 0 Å². The Labute approximate surface area is 140 Å². The minimum atomic E-state index is 0.0712. The summed E-state index contributed by atoms with van der Waals surface area (Å²) in [5.41, 5.74) is 1.80. The van der Waals surface area contributed by atoms with Crippen molar-refractivity contribution in [1.82, 2.24) is 10.3 Å². The molecular formula is C20H30N2O. The van der Waals surface area contributed by atoms with Crippen LogP contribution in [-0.4, -0.2) is 17.4 Å². The fourth-order valence-electron chi connectivity index (χ4n) is 4.56. The predicted octanol–water partition coefficient (Wildman–Crippen LogP) is 4.23. The Morgan fingerprint density at radius 3 is 2.70 bits per heavy atom. The highest BCUT2D eigenvalue weighted by molar-refractivity contribution is 5.78. The molecule has 0 radical (unpaired) electrons. The first kappa shape index (κ1) is 16.5. The Hall–Kier alpha value is -1.38. The lowest BCUT2D eigenvalue weighted by Gasteiger charge is -2.61. The molecule has 3 heteroatoms. The van der Waals surface area contributed by atoms with E-state index in [9.17, 15) is 4.79 Å². The highest BCUT2D eigenvalue weighted by Gasteiger charge is 2.58. The van der Waals surface area contributed by atoms with Crippen LogP contribution in [0.2, 0.25) is 0 Å². The molecule has 1 spiro atoms. The number of hydrogen-bond acceptors (Lipinski definition) is 2. The van der Waals surface area contributed by atoms with Gasteiger partial charge in [0.05, 0.1) is 0 Å². The van der Waals surface area contributed by atoms with Gasteiger partial charge in [0.1, 0.15) is 0 Å². The average Bonchev–Trinajstić information content (AvgIpc) is 2.50. The van der Waals surface area contributed by atoms with E-state index in [0.29, 0.717) is 5.41 Å². The Balaban J connectivity index is 1.63. The normalized spacial score (nSPS) is 22.0. The number of carbonyl (C=O) groups excluding carboxylic acids is 1. The number of hydrogen-bond donors (Lipinski definition) is 1. The van der Waals surface area contributed by atoms with Crippen LogP contribution in [0.4, 0.5) is 0 Å². The van der Waals surface area contributed by atoms with Crippen LogP contribution in [-0.2, 0) is 10.2 Å². The molecule has 3 nitrogen and oxygen atoms in total. The van der Waals surface area contributed by atoms with Gasteiger partial charge in [-0.3, -0.25) is 9.78 Å². The van der Waals surface area contributed by atoms with Crippen LogP contribution in [0.25, 0.3) is 0 Å². The zero-order valence-electron chi connectivity index (χ0n) is 14.6. The van der Waals surface area contributed by atoms with Gasteiger partial charge in [-0.25, -0.2) is 0 Å². The van der Waals surface area contributed by atoms with Crippen molar-refractivity contribution in [3.8, 4) is 0 Å². The zero-order valence-corrected chi connectivity index (χ0v) is 14.6. The van der Waals surface area contributed by atoms with E-state index in [1.165, 1.54) is 37.8 Å². The summed E-state index contributed by atoms with van der Waals surface area (Å²) >= 11 is 0. The molecule has 1 aromatic heterocycles. The van der Waals surface area contributed by atoms with E-state index in [1.807, 2.05) is 19.2 Å². The second kappa shape index (κ2) is 6.62. The molecule has 1 aromatic rings. The molecule has 1 amide bonds. The standard InChI is InChI=1S/C20H30N2O/c1-3-4-8-16(2)18(23)22-15-20(17-9-5-6-12-21-17)13-19(14-20)10-7-11-19/h5-6,9,12,16H,3-4,7-8,10-11,13-15H2,1-2H3,(H,22,23). The van der Waals surface area contributed by atoms with Gasteiger partial charge in [-0.05, 0) is 49.7 Å². The zero-order chi connectivity index (χ0) is 16.3. The monoisotopic (exact) mass is 314 g/mol. The second-order valence-electron chi connectivity index (χ2n) is 7.96. The molecule has 2 aliphatic carbocycles. The molecule has 2 aliphatic rings. The molecule has 0 aromatic carbocycles. The second-order valence-corrected chi connectivity index (χ2v) is 7.96. The van der Waals surface area contributed by atoms with Crippen molar-refractivity contribution in [3.05, 3.63) is 30.1 Å². The first-order valence-electron chi connectivity index (χ1n) is 9.28. The number of unbranched alkanes of at least 4 members (excludes halogenated alkanes) is 1. The molecule has 1 unspecified atom stereocenters. The summed E-state index contributed by atoms with van der Waals surface area (Å²) in [7, 11) is 0. The third kappa shape index (κ3) is 3.29. The van der Waals surface area contributed by atoms with Gasteiger partial charge in [0.15, 0.2) is 0 Å². The number of nitrogens with one attached hydrogen (secondary N) is 1. The smallest absolute Gasteiger partial charge is 0.222 e. The molecular weight excluding hydrogens is 284 g/mol. The minimum Gasteiger partial charge on any atom is -0.355 e. The van der Waals surface area contributed by atoms with Crippen LogP contribution in [0, 0.1) is 11.3 Å². The van der Waals surface area contributed by atoms with Gasteiger partial charge in [0, 0.05) is 29.8 Å². The van der Waals surface area contributed by atoms with Crippen molar-refractivity contribution in [3.63, 3.8) is 0 Å². The predicted molar refractivity (Wildman–Crippen MR) is 93.1 cm³/mol. The number of nitrogens with zero attached hydrogens (tertiary/aromatic N) is 1. The summed E-state index contributed by atoms with van der Waals surface area (Å²) in [5, 5.41) is 3.24. The fourth-order valence-corrected chi connectivity index (χ4v) is 4.56. The third-order valence-corrected chi connectivity index (χ3v) is 6.09. The van der Waals surface area contributed by atoms with Crippen LogP contribution in [0.15, 0.2) is 24.4 Å². The quantitative estimate of drug-likeness (QED) is 0.818. The van der Waals surface area contributed by atoms with E-state index in [1.54, 1.807) is 0 Å². The maximum absolute atomic E-state index is 12.4. The van der Waals surface area contributed by atoms with Crippen molar-refractivity contribution in [2.75, 3.05) is 6.54 Å². The Bertz CT molecular complexity index is 528. The van der Waals surface area contributed by atoms with Crippen molar-refractivity contribution < 1.29 is 4.79 Å². The Morgan fingerprint density at radius 1 is 1.35 bits per heavy atom. The third-order valence-electron chi connectivity index (χ3n) is 6.09. The SMILES string of the molecule is CCCCC(C)C(=O)NCC1(c2ccccn2)CC2(CCC2)C1. The van der Waals surface area contributed by atoms with Crippen LogP contribution in [0.5, 0.6) is 0 Å². The molecule has 1 N–H and O–H groups in total. The maximum Gasteiger partial charge on any atom is 0.222 e. The summed E-state index contributed by atoms with van der Waals surface area (Å²) in [4.78, 5) is 17.0. The van der Waals surface area contributed by atoms with Crippen LogP contribution >= 0.6 is 0 Å². The molecule has 1 atom stereocenters. The van der Waals surface area contributed by atoms with Crippen LogP contribution in [0.1, 0.15) is 70.9 Å². The van der Waals surface area contributed by atoms with Gasteiger partial charge in [0.2, 0.25) is 5.91 Å². The molecule has 1 heterocycles. The van der Waals surface area contributed by atoms with Gasteiger partial charge < -0.3 is 5.32 Å². The van der Waals surface area contributed by atoms with E-state index >= 15 is 0 Å². The van der Waals surface area contributed by atoms with Crippen molar-refractivity contribution in [1.29, 1.82) is 0 Å². The lowest BCUT2D eigenvalue weighted by Crippen LogP contribution is -2.58. The minimum absolute atomic E-state index is 0.0712. The first-order chi connectivity index (χ1) is 11.1. The van der Waals surface area contributed by atoms with Gasteiger partial charge >= 0.3 is 0 Å². The first-order valence-corrected chi connectivity index (χ1v) is 9.28. The summed E-state index contributed by atoms with van der Waals surface area (Å²) in [6, 6.07) is 6.18. The summed E-state index contributed by atoms with van der Waals surface area (Å²) in [5.74, 6) is 0.330. The lowest BCUT2D eigenvalue weighted by molar-refractivity contribution is -0.126. The van der Waals surface area contributed by atoms with E-state index in [0.717, 1.165) is 25.8 Å². The molecule has 2 saturated carbocycles. The van der Waals surface area contributed by atoms with Gasteiger partial charge in [0.25, 0.3) is 0 Å². The fraction of sp³-hybridized carbons (Fsp3) is 0.700. The molecule has 3 rings (SSSR count). The topological polar surface area (TPSA) is 42.0 Å².